The van der Waals surface area contributed by atoms with E-state index >= 15 is 0 Å². The summed E-state index contributed by atoms with van der Waals surface area (Å²) in [5.74, 6) is 0.556. The minimum atomic E-state index is -0.529. The Morgan fingerprint density at radius 2 is 2.20 bits per heavy atom. The summed E-state index contributed by atoms with van der Waals surface area (Å²) < 4.78 is 11.7. The monoisotopic (exact) mass is 344 g/mol. The number of carbonyl (C=O) groups excluding carboxylic acids is 1. The fourth-order valence-electron chi connectivity index (χ4n) is 1.65. The Kier molecular flexibility index (Phi) is 7.58. The molecule has 0 saturated heterocycles. The van der Waals surface area contributed by atoms with Crippen molar-refractivity contribution in [1.29, 1.82) is 0 Å². The predicted molar refractivity (Wildman–Crippen MR) is 81.9 cm³/mol. The molecule has 0 bridgehead atoms. The van der Waals surface area contributed by atoms with E-state index in [9.17, 15) is 4.79 Å². The van der Waals surface area contributed by atoms with Gasteiger partial charge in [-0.15, -0.1) is 0 Å². The summed E-state index contributed by atoms with van der Waals surface area (Å²) in [5.41, 5.74) is 0.992. The largest absolute Gasteiger partial charge is 0.481 e. The van der Waals surface area contributed by atoms with Crippen molar-refractivity contribution in [2.45, 2.75) is 19.6 Å². The van der Waals surface area contributed by atoms with Crippen LogP contribution in [0.15, 0.2) is 22.7 Å². The highest BCUT2D eigenvalue weighted by atomic mass is 79.9. The second-order valence-electron chi connectivity index (χ2n) is 4.30. The van der Waals surface area contributed by atoms with Crippen molar-refractivity contribution in [3.05, 3.63) is 28.2 Å². The molecule has 1 aromatic carbocycles. The molecule has 1 amide bonds. The number of hydrogen-bond donors (Lipinski definition) is 2. The zero-order valence-corrected chi connectivity index (χ0v) is 13.6. The Balaban J connectivity index is 2.71. The van der Waals surface area contributed by atoms with Crippen molar-refractivity contribution in [3.8, 4) is 5.75 Å². The fourth-order valence-corrected chi connectivity index (χ4v) is 2.05. The molecule has 0 saturated carbocycles. The Labute approximate surface area is 128 Å². The van der Waals surface area contributed by atoms with Crippen LogP contribution in [0.4, 0.5) is 0 Å². The molecule has 1 atom stereocenters. The summed E-state index contributed by atoms with van der Waals surface area (Å²) in [6, 6.07) is 5.73. The van der Waals surface area contributed by atoms with Crippen LogP contribution < -0.4 is 15.4 Å². The Hall–Kier alpha value is -1.11. The first-order valence-electron chi connectivity index (χ1n) is 6.44. The van der Waals surface area contributed by atoms with E-state index in [4.69, 9.17) is 9.47 Å². The summed E-state index contributed by atoms with van der Waals surface area (Å²) in [4.78, 5) is 11.5. The van der Waals surface area contributed by atoms with Crippen LogP contribution in [0.5, 0.6) is 5.75 Å². The molecule has 0 spiro atoms. The van der Waals surface area contributed by atoms with E-state index in [-0.39, 0.29) is 5.91 Å². The number of nitrogens with one attached hydrogen (secondary N) is 2. The van der Waals surface area contributed by atoms with Crippen molar-refractivity contribution >= 4 is 21.8 Å². The third-order valence-corrected chi connectivity index (χ3v) is 3.23. The molecule has 1 aromatic rings. The van der Waals surface area contributed by atoms with Gasteiger partial charge in [-0.25, -0.2) is 0 Å². The molecule has 1 rings (SSSR count). The highest BCUT2D eigenvalue weighted by molar-refractivity contribution is 9.10. The number of hydrogen-bond acceptors (Lipinski definition) is 4. The first-order chi connectivity index (χ1) is 9.58. The number of likely N-dealkylation sites (N-methyl/N-ethyl adjacent to an activating group) is 1. The molecule has 0 radical (unpaired) electrons. The molecule has 0 aliphatic carbocycles. The smallest absolute Gasteiger partial charge is 0.260 e. The molecular weight excluding hydrogens is 324 g/mol. The van der Waals surface area contributed by atoms with E-state index < -0.39 is 6.10 Å². The van der Waals surface area contributed by atoms with Gasteiger partial charge in [0.05, 0.1) is 6.61 Å². The van der Waals surface area contributed by atoms with Gasteiger partial charge in [0.1, 0.15) is 5.75 Å². The second-order valence-corrected chi connectivity index (χ2v) is 5.21. The van der Waals surface area contributed by atoms with Gasteiger partial charge in [0.15, 0.2) is 6.10 Å². The van der Waals surface area contributed by atoms with Crippen LogP contribution >= 0.6 is 15.9 Å². The Morgan fingerprint density at radius 1 is 1.45 bits per heavy atom. The molecule has 0 fully saturated rings. The third-order valence-electron chi connectivity index (χ3n) is 2.74. The predicted octanol–water partition coefficient (Wildman–Crippen LogP) is 1.70. The molecule has 1 unspecified atom stereocenters. The number of amides is 1. The molecule has 0 aromatic heterocycles. The van der Waals surface area contributed by atoms with Gasteiger partial charge in [-0.05, 0) is 25.1 Å². The molecule has 0 heterocycles. The zero-order chi connectivity index (χ0) is 15.0. The van der Waals surface area contributed by atoms with Gasteiger partial charge in [0.2, 0.25) is 0 Å². The SMILES string of the molecule is CNC(=O)C(C)Oc1ccc(Br)cc1CNCCOC. The lowest BCUT2D eigenvalue weighted by Crippen LogP contribution is -2.34. The minimum absolute atomic E-state index is 0.147. The Bertz CT molecular complexity index is 440. The highest BCUT2D eigenvalue weighted by Crippen LogP contribution is 2.24. The summed E-state index contributed by atoms with van der Waals surface area (Å²) >= 11 is 3.44. The van der Waals surface area contributed by atoms with Gasteiger partial charge in [-0.1, -0.05) is 15.9 Å². The van der Waals surface area contributed by atoms with Gasteiger partial charge in [0.25, 0.3) is 5.91 Å². The van der Waals surface area contributed by atoms with Gasteiger partial charge in [-0.3, -0.25) is 4.79 Å². The van der Waals surface area contributed by atoms with Crippen molar-refractivity contribution < 1.29 is 14.3 Å². The van der Waals surface area contributed by atoms with Gasteiger partial charge < -0.3 is 20.1 Å². The van der Waals surface area contributed by atoms with Gasteiger partial charge >= 0.3 is 0 Å². The van der Waals surface area contributed by atoms with Crippen molar-refractivity contribution in [1.82, 2.24) is 10.6 Å². The number of rotatable bonds is 8. The maximum Gasteiger partial charge on any atom is 0.260 e. The van der Waals surface area contributed by atoms with Crippen molar-refractivity contribution in [2.24, 2.45) is 0 Å². The number of benzene rings is 1. The normalized spacial score (nSPS) is 12.0. The zero-order valence-electron chi connectivity index (χ0n) is 12.0. The lowest BCUT2D eigenvalue weighted by molar-refractivity contribution is -0.126. The van der Waals surface area contributed by atoms with Crippen LogP contribution in [0.3, 0.4) is 0 Å². The summed E-state index contributed by atoms with van der Waals surface area (Å²) in [5, 5.41) is 5.83. The summed E-state index contributed by atoms with van der Waals surface area (Å²) in [7, 11) is 3.26. The topological polar surface area (TPSA) is 59.6 Å². The number of methoxy groups -OCH3 is 1. The van der Waals surface area contributed by atoms with Crippen LogP contribution in [-0.4, -0.2) is 39.3 Å². The molecule has 0 aliphatic rings. The molecule has 112 valence electrons. The Morgan fingerprint density at radius 3 is 2.85 bits per heavy atom. The molecule has 5 nitrogen and oxygen atoms in total. The first-order valence-corrected chi connectivity index (χ1v) is 7.24. The first kappa shape index (κ1) is 16.9. The quantitative estimate of drug-likeness (QED) is 0.704. The van der Waals surface area contributed by atoms with E-state index in [0.29, 0.717) is 18.9 Å². The van der Waals surface area contributed by atoms with Crippen LogP contribution in [0.2, 0.25) is 0 Å². The van der Waals surface area contributed by atoms with Crippen LogP contribution in [-0.2, 0) is 16.1 Å². The average molecular weight is 345 g/mol. The van der Waals surface area contributed by atoms with Crippen molar-refractivity contribution in [3.63, 3.8) is 0 Å². The van der Waals surface area contributed by atoms with E-state index in [2.05, 4.69) is 26.6 Å². The van der Waals surface area contributed by atoms with Crippen LogP contribution in [0.1, 0.15) is 12.5 Å². The van der Waals surface area contributed by atoms with Gasteiger partial charge in [-0.2, -0.15) is 0 Å². The third kappa shape index (κ3) is 5.48. The van der Waals surface area contributed by atoms with E-state index in [0.717, 1.165) is 16.6 Å². The van der Waals surface area contributed by atoms with Crippen LogP contribution in [0, 0.1) is 0 Å². The molecule has 20 heavy (non-hydrogen) atoms. The molecule has 6 heteroatoms. The number of halogens is 1. The van der Waals surface area contributed by atoms with E-state index in [1.165, 1.54) is 0 Å². The van der Waals surface area contributed by atoms with E-state index in [1.54, 1.807) is 21.1 Å². The second kappa shape index (κ2) is 8.94. The lowest BCUT2D eigenvalue weighted by Gasteiger charge is -2.17. The molecular formula is C14H21BrN2O3. The van der Waals surface area contributed by atoms with E-state index in [1.807, 2.05) is 18.2 Å². The number of carbonyl (C=O) groups is 1. The standard InChI is InChI=1S/C14H21BrN2O3/c1-10(14(18)16-2)20-13-5-4-12(15)8-11(13)9-17-6-7-19-3/h4-5,8,10,17H,6-7,9H2,1-3H3,(H,16,18). The minimum Gasteiger partial charge on any atom is -0.481 e. The number of ether oxygens (including phenoxy) is 2. The molecule has 0 aliphatic heterocycles. The molecule has 2 N–H and O–H groups in total. The lowest BCUT2D eigenvalue weighted by atomic mass is 10.2. The summed E-state index contributed by atoms with van der Waals surface area (Å²) in [6.45, 7) is 3.79. The van der Waals surface area contributed by atoms with Crippen molar-refractivity contribution in [2.75, 3.05) is 27.3 Å². The maximum atomic E-state index is 11.5. The van der Waals surface area contributed by atoms with Crippen LogP contribution in [0.25, 0.3) is 0 Å². The highest BCUT2D eigenvalue weighted by Gasteiger charge is 2.14. The fraction of sp³-hybridized carbons (Fsp3) is 0.500. The maximum absolute atomic E-state index is 11.5. The average Bonchev–Trinajstić information content (AvgIpc) is 2.45. The summed E-state index contributed by atoms with van der Waals surface area (Å²) in [6.07, 6.45) is -0.529. The van der Waals surface area contributed by atoms with Gasteiger partial charge in [0, 0.05) is 37.3 Å².